The van der Waals surface area contributed by atoms with E-state index in [2.05, 4.69) is 15.5 Å². The minimum Gasteiger partial charge on any atom is -0.325 e. The summed E-state index contributed by atoms with van der Waals surface area (Å²) in [5.41, 5.74) is 0.312. The van der Waals surface area contributed by atoms with E-state index in [-0.39, 0.29) is 11.7 Å². The highest BCUT2D eigenvalue weighted by Crippen LogP contribution is 2.30. The molecule has 26 heavy (non-hydrogen) atoms. The predicted molar refractivity (Wildman–Crippen MR) is 96.1 cm³/mol. The number of anilines is 1. The van der Waals surface area contributed by atoms with Gasteiger partial charge in [-0.25, -0.2) is 0 Å². The molecule has 0 unspecified atom stereocenters. The molecule has 0 aliphatic rings. The Morgan fingerprint density at radius 1 is 1.08 bits per heavy atom. The summed E-state index contributed by atoms with van der Waals surface area (Å²) in [4.78, 5) is 12.9. The van der Waals surface area contributed by atoms with Crippen molar-refractivity contribution in [2.45, 2.75) is 11.2 Å². The quantitative estimate of drug-likeness (QED) is 0.621. The summed E-state index contributed by atoms with van der Waals surface area (Å²) in [7, 11) is 0. The van der Waals surface area contributed by atoms with Gasteiger partial charge in [0.15, 0.2) is 0 Å². The van der Waals surface area contributed by atoms with Crippen LogP contribution in [0.4, 0.5) is 18.9 Å². The number of benzene rings is 1. The van der Waals surface area contributed by atoms with E-state index in [0.717, 1.165) is 22.7 Å². The Labute approximate surface area is 155 Å². The van der Waals surface area contributed by atoms with E-state index < -0.39 is 11.7 Å². The number of carbonyl (C=O) groups excluding carboxylic acids is 1. The van der Waals surface area contributed by atoms with Gasteiger partial charge in [0, 0.05) is 5.69 Å². The molecule has 4 nitrogen and oxygen atoms in total. The molecule has 0 spiro atoms. The summed E-state index contributed by atoms with van der Waals surface area (Å²) in [5.74, 6) is -0.257. The molecule has 3 rings (SSSR count). The first-order chi connectivity index (χ1) is 12.4. The van der Waals surface area contributed by atoms with Crippen LogP contribution < -0.4 is 5.32 Å². The van der Waals surface area contributed by atoms with Gasteiger partial charge in [-0.1, -0.05) is 17.8 Å². The normalized spacial score (nSPS) is 11.3. The maximum absolute atomic E-state index is 12.5. The number of nitrogens with zero attached hydrogens (tertiary/aromatic N) is 2. The molecule has 1 aromatic carbocycles. The summed E-state index contributed by atoms with van der Waals surface area (Å²) in [6.45, 7) is 0. The van der Waals surface area contributed by atoms with Crippen LogP contribution in [0.1, 0.15) is 5.56 Å². The lowest BCUT2D eigenvalue weighted by Crippen LogP contribution is -2.14. The minimum absolute atomic E-state index is 0.0774. The highest BCUT2D eigenvalue weighted by atomic mass is 32.2. The van der Waals surface area contributed by atoms with Crippen molar-refractivity contribution >= 4 is 34.7 Å². The molecule has 134 valence electrons. The number of carbonyl (C=O) groups is 1. The Hall–Kier alpha value is -2.39. The molecule has 0 saturated carbocycles. The van der Waals surface area contributed by atoms with Crippen molar-refractivity contribution in [1.29, 1.82) is 0 Å². The molecule has 2 heterocycles. The Kier molecular flexibility index (Phi) is 5.58. The molecule has 1 N–H and O–H groups in total. The maximum Gasteiger partial charge on any atom is 0.416 e. The zero-order chi connectivity index (χ0) is 18.6. The van der Waals surface area contributed by atoms with Gasteiger partial charge >= 0.3 is 6.18 Å². The van der Waals surface area contributed by atoms with Crippen LogP contribution in [-0.2, 0) is 11.0 Å². The van der Waals surface area contributed by atoms with Gasteiger partial charge in [0.2, 0.25) is 5.91 Å². The average molecular weight is 395 g/mol. The lowest BCUT2D eigenvalue weighted by molar-refractivity contribution is -0.137. The number of amides is 1. The van der Waals surface area contributed by atoms with Gasteiger partial charge in [-0.15, -0.1) is 21.5 Å². The first-order valence-corrected chi connectivity index (χ1v) is 9.26. The largest absolute Gasteiger partial charge is 0.416 e. The molecule has 0 atom stereocenters. The summed E-state index contributed by atoms with van der Waals surface area (Å²) >= 11 is 2.76. The van der Waals surface area contributed by atoms with Crippen LogP contribution in [0.2, 0.25) is 0 Å². The predicted octanol–water partition coefficient (Wildman–Crippen LogP) is 4.95. The summed E-state index contributed by atoms with van der Waals surface area (Å²) in [6, 6.07) is 11.8. The molecular weight excluding hydrogens is 383 g/mol. The second-order valence-corrected chi connectivity index (χ2v) is 7.09. The molecule has 2 aromatic heterocycles. The van der Waals surface area contributed by atoms with Crippen LogP contribution >= 0.6 is 23.1 Å². The fourth-order valence-corrected chi connectivity index (χ4v) is 3.34. The number of hydrogen-bond donors (Lipinski definition) is 1. The summed E-state index contributed by atoms with van der Waals surface area (Å²) in [6.07, 6.45) is -4.40. The van der Waals surface area contributed by atoms with E-state index >= 15 is 0 Å². The van der Waals surface area contributed by atoms with Crippen molar-refractivity contribution in [3.63, 3.8) is 0 Å². The lowest BCUT2D eigenvalue weighted by Gasteiger charge is -2.08. The number of hydrogen-bond acceptors (Lipinski definition) is 5. The third-order valence-corrected chi connectivity index (χ3v) is 5.07. The van der Waals surface area contributed by atoms with Crippen LogP contribution in [0.15, 0.2) is 58.9 Å². The van der Waals surface area contributed by atoms with Gasteiger partial charge in [-0.05, 0) is 47.8 Å². The molecule has 0 aliphatic carbocycles. The number of alkyl halides is 3. The van der Waals surface area contributed by atoms with Gasteiger partial charge in [0.1, 0.15) is 10.7 Å². The van der Waals surface area contributed by atoms with E-state index in [1.165, 1.54) is 23.9 Å². The molecule has 3 aromatic rings. The van der Waals surface area contributed by atoms with Crippen molar-refractivity contribution in [3.05, 3.63) is 59.5 Å². The number of nitrogens with one attached hydrogen (secondary N) is 1. The smallest absolute Gasteiger partial charge is 0.325 e. The fraction of sp³-hybridized carbons (Fsp3) is 0.118. The van der Waals surface area contributed by atoms with Crippen LogP contribution in [0.5, 0.6) is 0 Å². The van der Waals surface area contributed by atoms with Crippen LogP contribution in [-0.4, -0.2) is 21.9 Å². The van der Waals surface area contributed by atoms with Crippen LogP contribution in [0, 0.1) is 0 Å². The van der Waals surface area contributed by atoms with Crippen molar-refractivity contribution in [2.24, 2.45) is 0 Å². The first kappa shape index (κ1) is 18.4. The SMILES string of the molecule is O=C(CSc1ccc(-c2cccs2)nn1)Nc1ccc(C(F)(F)F)cc1. The van der Waals surface area contributed by atoms with Crippen molar-refractivity contribution in [1.82, 2.24) is 10.2 Å². The van der Waals surface area contributed by atoms with Crippen molar-refractivity contribution in [2.75, 3.05) is 11.1 Å². The van der Waals surface area contributed by atoms with Crippen molar-refractivity contribution < 1.29 is 18.0 Å². The fourth-order valence-electron chi connectivity index (χ4n) is 2.03. The number of thioether (sulfide) groups is 1. The monoisotopic (exact) mass is 395 g/mol. The number of halogens is 3. The molecular formula is C17H12F3N3OS2. The molecule has 0 aliphatic heterocycles. The number of rotatable bonds is 5. The number of aromatic nitrogens is 2. The minimum atomic E-state index is -4.40. The van der Waals surface area contributed by atoms with Crippen LogP contribution in [0.3, 0.4) is 0 Å². The Bertz CT molecular complexity index is 864. The molecule has 1 amide bonds. The third-order valence-electron chi connectivity index (χ3n) is 3.26. The standard InChI is InChI=1S/C17H12F3N3OS2/c18-17(19,20)11-3-5-12(6-4-11)21-15(24)10-26-16-8-7-13(22-23-16)14-2-1-9-25-14/h1-9H,10H2,(H,21,24). The molecule has 0 saturated heterocycles. The van der Waals surface area contributed by atoms with E-state index in [4.69, 9.17) is 0 Å². The third kappa shape index (κ3) is 4.83. The van der Waals surface area contributed by atoms with Gasteiger partial charge in [-0.2, -0.15) is 13.2 Å². The molecule has 0 bridgehead atoms. The Morgan fingerprint density at radius 3 is 2.42 bits per heavy atom. The zero-order valence-corrected chi connectivity index (χ0v) is 14.8. The van der Waals surface area contributed by atoms with Crippen LogP contribution in [0.25, 0.3) is 10.6 Å². The average Bonchev–Trinajstić information content (AvgIpc) is 3.15. The second kappa shape index (κ2) is 7.88. The van der Waals surface area contributed by atoms with Gasteiger partial charge < -0.3 is 5.32 Å². The molecule has 0 fully saturated rings. The van der Waals surface area contributed by atoms with E-state index in [0.29, 0.717) is 10.7 Å². The number of thiophene rings is 1. The first-order valence-electron chi connectivity index (χ1n) is 7.39. The van der Waals surface area contributed by atoms with E-state index in [1.54, 1.807) is 17.4 Å². The van der Waals surface area contributed by atoms with E-state index in [1.807, 2.05) is 23.6 Å². The van der Waals surface area contributed by atoms with Gasteiger partial charge in [0.25, 0.3) is 0 Å². The molecule has 9 heteroatoms. The summed E-state index contributed by atoms with van der Waals surface area (Å²) in [5, 5.41) is 13.3. The Balaban J connectivity index is 1.52. The highest BCUT2D eigenvalue weighted by Gasteiger charge is 2.29. The zero-order valence-electron chi connectivity index (χ0n) is 13.2. The van der Waals surface area contributed by atoms with Gasteiger partial charge in [-0.3, -0.25) is 4.79 Å². The molecule has 0 radical (unpaired) electrons. The maximum atomic E-state index is 12.5. The topological polar surface area (TPSA) is 54.9 Å². The second-order valence-electron chi connectivity index (χ2n) is 5.15. The highest BCUT2D eigenvalue weighted by molar-refractivity contribution is 7.99. The van der Waals surface area contributed by atoms with Crippen molar-refractivity contribution in [3.8, 4) is 10.6 Å². The summed E-state index contributed by atoms with van der Waals surface area (Å²) < 4.78 is 37.5. The van der Waals surface area contributed by atoms with E-state index in [9.17, 15) is 18.0 Å². The lowest BCUT2D eigenvalue weighted by atomic mass is 10.2. The Morgan fingerprint density at radius 2 is 1.85 bits per heavy atom. The van der Waals surface area contributed by atoms with Gasteiger partial charge in [0.05, 0.1) is 16.2 Å².